The lowest BCUT2D eigenvalue weighted by molar-refractivity contribution is 0.415. The number of ether oxygens (including phenoxy) is 1. The molecule has 0 saturated heterocycles. The predicted octanol–water partition coefficient (Wildman–Crippen LogP) is 2.54. The van der Waals surface area contributed by atoms with Gasteiger partial charge in [0.1, 0.15) is 5.75 Å². The molecule has 13 heavy (non-hydrogen) atoms. The van der Waals surface area contributed by atoms with Crippen LogP contribution < -0.4 is 4.74 Å². The standard InChI is InChI=1S/C9H10N2OS.H2/c1-12-6-3-4-7-8(5-6)11-9(10-7)13-2;/h3-5H,1-2H3,(H,10,11);1H. The van der Waals surface area contributed by atoms with E-state index in [2.05, 4.69) is 9.97 Å². The normalized spacial score (nSPS) is 10.6. The van der Waals surface area contributed by atoms with Gasteiger partial charge in [0.05, 0.1) is 18.1 Å². The molecule has 0 bridgehead atoms. The first kappa shape index (κ1) is 8.44. The Bertz CT molecular complexity index is 428. The smallest absolute Gasteiger partial charge is 0.166 e. The lowest BCUT2D eigenvalue weighted by Gasteiger charge is -1.96. The highest BCUT2D eigenvalue weighted by Crippen LogP contribution is 2.21. The molecule has 0 aliphatic carbocycles. The summed E-state index contributed by atoms with van der Waals surface area (Å²) >= 11 is 1.60. The van der Waals surface area contributed by atoms with Gasteiger partial charge in [-0.25, -0.2) is 4.98 Å². The van der Waals surface area contributed by atoms with Crippen molar-refractivity contribution in [3.05, 3.63) is 18.2 Å². The molecule has 1 aromatic heterocycles. The summed E-state index contributed by atoms with van der Waals surface area (Å²) in [6, 6.07) is 5.81. The summed E-state index contributed by atoms with van der Waals surface area (Å²) in [5, 5.41) is 0.934. The van der Waals surface area contributed by atoms with Gasteiger partial charge in [0, 0.05) is 7.49 Å². The minimum atomic E-state index is 0. The number of rotatable bonds is 2. The first-order valence-electron chi connectivity index (χ1n) is 3.91. The molecule has 0 amide bonds. The molecule has 2 rings (SSSR count). The summed E-state index contributed by atoms with van der Waals surface area (Å²) in [5.41, 5.74) is 1.99. The molecule has 70 valence electrons. The van der Waals surface area contributed by atoms with Gasteiger partial charge in [0.25, 0.3) is 0 Å². The highest BCUT2D eigenvalue weighted by atomic mass is 32.2. The Morgan fingerprint density at radius 2 is 2.38 bits per heavy atom. The number of aromatic nitrogens is 2. The average molecular weight is 196 g/mol. The highest BCUT2D eigenvalue weighted by Gasteiger charge is 2.01. The molecule has 0 spiro atoms. The number of nitrogens with one attached hydrogen (secondary N) is 1. The lowest BCUT2D eigenvalue weighted by atomic mass is 10.3. The van der Waals surface area contributed by atoms with Crippen molar-refractivity contribution in [2.75, 3.05) is 13.4 Å². The van der Waals surface area contributed by atoms with Crippen LogP contribution in [0.2, 0.25) is 0 Å². The van der Waals surface area contributed by atoms with Crippen molar-refractivity contribution >= 4 is 22.8 Å². The van der Waals surface area contributed by atoms with E-state index in [-0.39, 0.29) is 1.43 Å². The molecule has 1 heterocycles. The second-order valence-electron chi connectivity index (χ2n) is 2.63. The van der Waals surface area contributed by atoms with Gasteiger partial charge in [0.15, 0.2) is 5.16 Å². The van der Waals surface area contributed by atoms with E-state index in [1.165, 1.54) is 0 Å². The van der Waals surface area contributed by atoms with Crippen LogP contribution in [0.1, 0.15) is 1.43 Å². The van der Waals surface area contributed by atoms with E-state index in [0.29, 0.717) is 0 Å². The summed E-state index contributed by atoms with van der Waals surface area (Å²) in [5.74, 6) is 0.851. The van der Waals surface area contributed by atoms with Crippen molar-refractivity contribution in [3.8, 4) is 5.75 Å². The molecular formula is C9H12N2OS. The molecule has 1 aromatic carbocycles. The number of methoxy groups -OCH3 is 1. The highest BCUT2D eigenvalue weighted by molar-refractivity contribution is 7.98. The zero-order valence-electron chi connectivity index (χ0n) is 7.50. The largest absolute Gasteiger partial charge is 0.497 e. The van der Waals surface area contributed by atoms with Crippen LogP contribution in [0, 0.1) is 0 Å². The molecule has 0 unspecified atom stereocenters. The Labute approximate surface area is 82.0 Å². The van der Waals surface area contributed by atoms with Crippen LogP contribution in [0.15, 0.2) is 23.4 Å². The van der Waals surface area contributed by atoms with Crippen molar-refractivity contribution in [2.45, 2.75) is 5.16 Å². The first-order chi connectivity index (χ1) is 6.33. The zero-order valence-corrected chi connectivity index (χ0v) is 8.31. The Morgan fingerprint density at radius 1 is 1.54 bits per heavy atom. The lowest BCUT2D eigenvalue weighted by Crippen LogP contribution is -1.81. The van der Waals surface area contributed by atoms with Gasteiger partial charge in [-0.2, -0.15) is 0 Å². The third kappa shape index (κ3) is 1.49. The zero-order chi connectivity index (χ0) is 9.26. The molecule has 0 fully saturated rings. The number of nitrogens with zero attached hydrogens (tertiary/aromatic N) is 1. The second-order valence-corrected chi connectivity index (χ2v) is 3.42. The van der Waals surface area contributed by atoms with Gasteiger partial charge in [-0.3, -0.25) is 0 Å². The van der Waals surface area contributed by atoms with Gasteiger partial charge < -0.3 is 9.72 Å². The number of benzene rings is 1. The van der Waals surface area contributed by atoms with Gasteiger partial charge in [-0.15, -0.1) is 0 Å². The molecule has 3 nitrogen and oxygen atoms in total. The van der Waals surface area contributed by atoms with Crippen molar-refractivity contribution in [1.82, 2.24) is 9.97 Å². The van der Waals surface area contributed by atoms with E-state index >= 15 is 0 Å². The molecule has 0 saturated carbocycles. The van der Waals surface area contributed by atoms with Crippen LogP contribution in [0.3, 0.4) is 0 Å². The van der Waals surface area contributed by atoms with Crippen LogP contribution in [-0.4, -0.2) is 23.3 Å². The van der Waals surface area contributed by atoms with Crippen LogP contribution in [0.5, 0.6) is 5.75 Å². The van der Waals surface area contributed by atoms with Gasteiger partial charge in [-0.05, 0) is 18.4 Å². The summed E-state index contributed by atoms with van der Waals surface area (Å²) in [7, 11) is 1.66. The van der Waals surface area contributed by atoms with Crippen LogP contribution in [0.25, 0.3) is 11.0 Å². The maximum absolute atomic E-state index is 5.11. The van der Waals surface area contributed by atoms with Crippen LogP contribution in [0.4, 0.5) is 0 Å². The molecular weight excluding hydrogens is 184 g/mol. The van der Waals surface area contributed by atoms with Crippen molar-refractivity contribution in [2.24, 2.45) is 0 Å². The quantitative estimate of drug-likeness (QED) is 0.750. The first-order valence-corrected chi connectivity index (χ1v) is 5.13. The predicted molar refractivity (Wildman–Crippen MR) is 56.5 cm³/mol. The third-order valence-electron chi connectivity index (χ3n) is 1.86. The molecule has 1 N–H and O–H groups in total. The van der Waals surface area contributed by atoms with Crippen LogP contribution >= 0.6 is 11.8 Å². The number of hydrogen-bond donors (Lipinski definition) is 1. The Balaban J connectivity index is 0.000000980. The number of aromatic amines is 1. The number of hydrogen-bond acceptors (Lipinski definition) is 3. The third-order valence-corrected chi connectivity index (χ3v) is 2.44. The summed E-state index contributed by atoms with van der Waals surface area (Å²) in [6.45, 7) is 0. The molecule has 2 aromatic rings. The van der Waals surface area contributed by atoms with E-state index < -0.39 is 0 Å². The number of fused-ring (bicyclic) bond motifs is 1. The van der Waals surface area contributed by atoms with Gasteiger partial charge >= 0.3 is 0 Å². The van der Waals surface area contributed by atoms with E-state index in [9.17, 15) is 0 Å². The Hall–Kier alpha value is -1.16. The van der Waals surface area contributed by atoms with Gasteiger partial charge in [0.2, 0.25) is 0 Å². The van der Waals surface area contributed by atoms with E-state index in [4.69, 9.17) is 4.74 Å². The fourth-order valence-electron chi connectivity index (χ4n) is 1.19. The monoisotopic (exact) mass is 196 g/mol. The van der Waals surface area contributed by atoms with Crippen molar-refractivity contribution < 1.29 is 6.16 Å². The maximum atomic E-state index is 5.11. The topological polar surface area (TPSA) is 37.9 Å². The average Bonchev–Trinajstić information content (AvgIpc) is 2.58. The van der Waals surface area contributed by atoms with E-state index in [1.807, 2.05) is 24.5 Å². The van der Waals surface area contributed by atoms with Gasteiger partial charge in [-0.1, -0.05) is 11.8 Å². The maximum Gasteiger partial charge on any atom is 0.166 e. The summed E-state index contributed by atoms with van der Waals surface area (Å²) in [4.78, 5) is 7.55. The second kappa shape index (κ2) is 3.30. The number of H-pyrrole nitrogens is 1. The SMILES string of the molecule is COc1ccc2nc(SC)[nH]c2c1.[HH]. The molecule has 0 radical (unpaired) electrons. The minimum Gasteiger partial charge on any atom is -0.497 e. The fourth-order valence-corrected chi connectivity index (χ4v) is 1.59. The number of imidazole rings is 1. The molecule has 0 aliphatic heterocycles. The molecule has 0 aliphatic rings. The fraction of sp³-hybridized carbons (Fsp3) is 0.222. The van der Waals surface area contributed by atoms with E-state index in [0.717, 1.165) is 21.9 Å². The summed E-state index contributed by atoms with van der Waals surface area (Å²) < 4.78 is 5.11. The Morgan fingerprint density at radius 3 is 3.08 bits per heavy atom. The Kier molecular flexibility index (Phi) is 2.14. The van der Waals surface area contributed by atoms with Crippen molar-refractivity contribution in [3.63, 3.8) is 0 Å². The van der Waals surface area contributed by atoms with Crippen LogP contribution in [-0.2, 0) is 0 Å². The molecule has 0 atom stereocenters. The number of thioether (sulfide) groups is 1. The summed E-state index contributed by atoms with van der Waals surface area (Å²) in [6.07, 6.45) is 1.99. The minimum absolute atomic E-state index is 0. The molecule has 4 heteroatoms. The van der Waals surface area contributed by atoms with Crippen molar-refractivity contribution in [1.29, 1.82) is 0 Å². The van der Waals surface area contributed by atoms with E-state index in [1.54, 1.807) is 18.9 Å².